The third kappa shape index (κ3) is 3.34. The van der Waals surface area contributed by atoms with E-state index in [0.29, 0.717) is 6.61 Å². The van der Waals surface area contributed by atoms with Crippen LogP contribution in [-0.2, 0) is 0 Å². The van der Waals surface area contributed by atoms with Crippen molar-refractivity contribution < 1.29 is 4.74 Å². The van der Waals surface area contributed by atoms with Crippen LogP contribution in [0.4, 0.5) is 0 Å². The highest BCUT2D eigenvalue weighted by Crippen LogP contribution is 2.12. The van der Waals surface area contributed by atoms with Crippen LogP contribution < -0.4 is 10.1 Å². The number of ether oxygens (including phenoxy) is 1. The quantitative estimate of drug-likeness (QED) is 0.676. The predicted molar refractivity (Wildman–Crippen MR) is 46.2 cm³/mol. The maximum Gasteiger partial charge on any atom is 0.273 e. The summed E-state index contributed by atoms with van der Waals surface area (Å²) in [4.78, 5) is 3.98. The first-order valence-electron chi connectivity index (χ1n) is 3.66. The number of hydrogen-bond donors (Lipinski definition) is 1. The second kappa shape index (κ2) is 5.09. The molecule has 1 heterocycles. The molecule has 3 nitrogen and oxygen atoms in total. The Morgan fingerprint density at radius 3 is 3.27 bits per heavy atom. The van der Waals surface area contributed by atoms with Gasteiger partial charge >= 0.3 is 0 Å². The minimum atomic E-state index is 0.696. The first-order chi connectivity index (χ1) is 5.43. The van der Waals surface area contributed by atoms with Crippen LogP contribution in [0.5, 0.6) is 5.19 Å². The molecule has 0 atom stereocenters. The lowest BCUT2D eigenvalue weighted by molar-refractivity contribution is 0.314. The highest BCUT2D eigenvalue weighted by atomic mass is 32.1. The van der Waals surface area contributed by atoms with Gasteiger partial charge in [0, 0.05) is 18.1 Å². The highest BCUT2D eigenvalue weighted by Gasteiger charge is 1.92. The van der Waals surface area contributed by atoms with E-state index in [0.717, 1.165) is 18.3 Å². The van der Waals surface area contributed by atoms with Gasteiger partial charge in [-0.2, -0.15) is 0 Å². The van der Waals surface area contributed by atoms with Crippen LogP contribution in [0.3, 0.4) is 0 Å². The van der Waals surface area contributed by atoms with E-state index in [1.807, 2.05) is 5.38 Å². The zero-order chi connectivity index (χ0) is 7.94. The molecule has 0 fully saturated rings. The monoisotopic (exact) mass is 172 g/mol. The molecule has 0 aliphatic rings. The van der Waals surface area contributed by atoms with E-state index in [9.17, 15) is 0 Å². The van der Waals surface area contributed by atoms with Crippen LogP contribution in [-0.4, -0.2) is 24.7 Å². The fourth-order valence-electron chi connectivity index (χ4n) is 0.669. The summed E-state index contributed by atoms with van der Waals surface area (Å²) in [6.07, 6.45) is 1.74. The summed E-state index contributed by atoms with van der Waals surface area (Å²) in [6.45, 7) is 4.64. The predicted octanol–water partition coefficient (Wildman–Crippen LogP) is 1.13. The third-order valence-electron chi connectivity index (χ3n) is 1.16. The van der Waals surface area contributed by atoms with Gasteiger partial charge in [-0.1, -0.05) is 18.3 Å². The molecule has 1 aromatic rings. The van der Waals surface area contributed by atoms with E-state index in [-0.39, 0.29) is 0 Å². The van der Waals surface area contributed by atoms with E-state index in [2.05, 4.69) is 17.2 Å². The average Bonchev–Trinajstić information content (AvgIpc) is 2.50. The van der Waals surface area contributed by atoms with Gasteiger partial charge < -0.3 is 10.1 Å². The minimum Gasteiger partial charge on any atom is -0.469 e. The average molecular weight is 172 g/mol. The minimum absolute atomic E-state index is 0.696. The summed E-state index contributed by atoms with van der Waals surface area (Å²) >= 11 is 1.52. The molecule has 0 spiro atoms. The van der Waals surface area contributed by atoms with Gasteiger partial charge in [0.25, 0.3) is 5.19 Å². The van der Waals surface area contributed by atoms with Crippen molar-refractivity contribution in [1.82, 2.24) is 10.3 Å². The zero-order valence-electron chi connectivity index (χ0n) is 6.54. The van der Waals surface area contributed by atoms with Gasteiger partial charge in [0.15, 0.2) is 0 Å². The van der Waals surface area contributed by atoms with Gasteiger partial charge in [-0.05, 0) is 6.54 Å². The molecule has 0 aliphatic carbocycles. The molecule has 0 amide bonds. The fourth-order valence-corrected chi connectivity index (χ4v) is 1.18. The first kappa shape index (κ1) is 8.49. The van der Waals surface area contributed by atoms with Crippen molar-refractivity contribution in [3.8, 4) is 5.19 Å². The smallest absolute Gasteiger partial charge is 0.273 e. The van der Waals surface area contributed by atoms with E-state index in [1.165, 1.54) is 11.3 Å². The molecule has 0 saturated heterocycles. The molecular weight excluding hydrogens is 160 g/mol. The lowest BCUT2D eigenvalue weighted by Crippen LogP contribution is -2.20. The standard InChI is InChI=1S/C7H12N2OS/c1-2-8-3-5-10-7-9-4-6-11-7/h4,6,8H,2-3,5H2,1H3. The van der Waals surface area contributed by atoms with Crippen molar-refractivity contribution in [2.45, 2.75) is 6.92 Å². The van der Waals surface area contributed by atoms with Crippen molar-refractivity contribution in [2.75, 3.05) is 19.7 Å². The Balaban J connectivity index is 2.04. The summed E-state index contributed by atoms with van der Waals surface area (Å²) in [5.41, 5.74) is 0. The van der Waals surface area contributed by atoms with Gasteiger partial charge in [-0.3, -0.25) is 0 Å². The molecule has 1 N–H and O–H groups in total. The molecule has 4 heteroatoms. The second-order valence-electron chi connectivity index (χ2n) is 2.00. The third-order valence-corrected chi connectivity index (χ3v) is 1.85. The molecule has 1 aromatic heterocycles. The van der Waals surface area contributed by atoms with E-state index >= 15 is 0 Å². The SMILES string of the molecule is CCNCCOc1nccs1. The molecule has 1 rings (SSSR count). The Morgan fingerprint density at radius 2 is 2.64 bits per heavy atom. The van der Waals surface area contributed by atoms with Gasteiger partial charge in [0.2, 0.25) is 0 Å². The number of nitrogens with one attached hydrogen (secondary N) is 1. The normalized spacial score (nSPS) is 9.91. The molecule has 0 unspecified atom stereocenters. The van der Waals surface area contributed by atoms with Crippen LogP contribution in [0.2, 0.25) is 0 Å². The number of thiazole rings is 1. The molecule has 0 aliphatic heterocycles. The van der Waals surface area contributed by atoms with Gasteiger partial charge in [0.1, 0.15) is 6.61 Å². The van der Waals surface area contributed by atoms with Crippen molar-refractivity contribution in [2.24, 2.45) is 0 Å². The Morgan fingerprint density at radius 1 is 1.73 bits per heavy atom. The molecular formula is C7H12N2OS. The Bertz CT molecular complexity index is 177. The van der Waals surface area contributed by atoms with E-state index in [4.69, 9.17) is 4.74 Å². The maximum atomic E-state index is 5.29. The lowest BCUT2D eigenvalue weighted by Gasteiger charge is -2.01. The summed E-state index contributed by atoms with van der Waals surface area (Å²) in [6, 6.07) is 0. The molecule has 0 saturated carbocycles. The zero-order valence-corrected chi connectivity index (χ0v) is 7.36. The number of rotatable bonds is 5. The molecule has 11 heavy (non-hydrogen) atoms. The summed E-state index contributed by atoms with van der Waals surface area (Å²) in [5.74, 6) is 0. The summed E-state index contributed by atoms with van der Waals surface area (Å²) in [7, 11) is 0. The van der Waals surface area contributed by atoms with Crippen LogP contribution in [0, 0.1) is 0 Å². The topological polar surface area (TPSA) is 34.1 Å². The number of aromatic nitrogens is 1. The lowest BCUT2D eigenvalue weighted by atomic mass is 10.6. The van der Waals surface area contributed by atoms with Gasteiger partial charge in [-0.25, -0.2) is 4.98 Å². The van der Waals surface area contributed by atoms with Gasteiger partial charge in [0.05, 0.1) is 0 Å². The Kier molecular flexibility index (Phi) is 3.93. The fraction of sp³-hybridized carbons (Fsp3) is 0.571. The molecule has 0 radical (unpaired) electrons. The van der Waals surface area contributed by atoms with E-state index in [1.54, 1.807) is 6.20 Å². The van der Waals surface area contributed by atoms with Gasteiger partial charge in [-0.15, -0.1) is 0 Å². The summed E-state index contributed by atoms with van der Waals surface area (Å²) in [5, 5.41) is 5.82. The summed E-state index contributed by atoms with van der Waals surface area (Å²) < 4.78 is 5.29. The van der Waals surface area contributed by atoms with Crippen LogP contribution in [0.1, 0.15) is 6.92 Å². The number of nitrogens with zero attached hydrogens (tertiary/aromatic N) is 1. The first-order valence-corrected chi connectivity index (χ1v) is 4.54. The highest BCUT2D eigenvalue weighted by molar-refractivity contribution is 7.11. The number of hydrogen-bond acceptors (Lipinski definition) is 4. The largest absolute Gasteiger partial charge is 0.469 e. The molecule has 0 aromatic carbocycles. The van der Waals surface area contributed by atoms with Crippen molar-refractivity contribution in [1.29, 1.82) is 0 Å². The van der Waals surface area contributed by atoms with E-state index < -0.39 is 0 Å². The number of likely N-dealkylation sites (N-methyl/N-ethyl adjacent to an activating group) is 1. The Labute approximate surface area is 70.4 Å². The van der Waals surface area contributed by atoms with Crippen molar-refractivity contribution in [3.05, 3.63) is 11.6 Å². The van der Waals surface area contributed by atoms with Crippen LogP contribution in [0.25, 0.3) is 0 Å². The van der Waals surface area contributed by atoms with Crippen molar-refractivity contribution >= 4 is 11.3 Å². The Hall–Kier alpha value is -0.610. The molecule has 0 bridgehead atoms. The van der Waals surface area contributed by atoms with Crippen LogP contribution >= 0.6 is 11.3 Å². The maximum absolute atomic E-state index is 5.29. The second-order valence-corrected chi connectivity index (χ2v) is 2.86. The molecule has 62 valence electrons. The van der Waals surface area contributed by atoms with Crippen molar-refractivity contribution in [3.63, 3.8) is 0 Å². The van der Waals surface area contributed by atoms with Crippen LogP contribution in [0.15, 0.2) is 11.6 Å².